The molecule has 6 heteroatoms. The van der Waals surface area contributed by atoms with Crippen molar-refractivity contribution in [3.8, 4) is 0 Å². The van der Waals surface area contributed by atoms with Crippen LogP contribution in [0.1, 0.15) is 28.4 Å². The molecule has 0 amide bonds. The first-order chi connectivity index (χ1) is 13.9. The van der Waals surface area contributed by atoms with Gasteiger partial charge in [0.2, 0.25) is 0 Å². The summed E-state index contributed by atoms with van der Waals surface area (Å²) in [4.78, 5) is 4.59. The third kappa shape index (κ3) is 4.86. The van der Waals surface area contributed by atoms with Gasteiger partial charge in [-0.2, -0.15) is 0 Å². The van der Waals surface area contributed by atoms with Gasteiger partial charge in [0.1, 0.15) is 12.0 Å². The van der Waals surface area contributed by atoms with E-state index in [2.05, 4.69) is 15.6 Å². The largest absolute Gasteiger partial charge is 0.399 e. The quantitative estimate of drug-likeness (QED) is 0.190. The second-order valence-corrected chi connectivity index (χ2v) is 7.11. The van der Waals surface area contributed by atoms with Gasteiger partial charge in [0.05, 0.1) is 5.69 Å². The summed E-state index contributed by atoms with van der Waals surface area (Å²) in [5, 5.41) is 6.81. The van der Waals surface area contributed by atoms with E-state index < -0.39 is 0 Å². The van der Waals surface area contributed by atoms with Crippen LogP contribution in [-0.4, -0.2) is 12.9 Å². The van der Waals surface area contributed by atoms with Gasteiger partial charge in [0.25, 0.3) is 0 Å². The number of aliphatic imine (C=N–C) groups is 1. The SMILES string of the molecule is CNC(Nc1ccc(N)cc1C)c1cccc(C(N)=Nc2ccc(N)cc2C)c1. The molecule has 150 valence electrons. The Labute approximate surface area is 171 Å². The average molecular weight is 389 g/mol. The maximum absolute atomic E-state index is 6.30. The highest BCUT2D eigenvalue weighted by Gasteiger charge is 2.12. The number of amidine groups is 1. The highest BCUT2D eigenvalue weighted by Crippen LogP contribution is 2.24. The van der Waals surface area contributed by atoms with Crippen LogP contribution < -0.4 is 27.8 Å². The van der Waals surface area contributed by atoms with Crippen molar-refractivity contribution in [3.63, 3.8) is 0 Å². The molecule has 0 heterocycles. The van der Waals surface area contributed by atoms with Crippen molar-refractivity contribution in [1.82, 2.24) is 5.32 Å². The van der Waals surface area contributed by atoms with E-state index in [1.165, 1.54) is 0 Å². The summed E-state index contributed by atoms with van der Waals surface area (Å²) in [6.07, 6.45) is -0.0941. The Hall–Kier alpha value is -3.51. The van der Waals surface area contributed by atoms with Crippen LogP contribution in [0.2, 0.25) is 0 Å². The van der Waals surface area contributed by atoms with Gasteiger partial charge in [-0.3, -0.25) is 5.32 Å². The number of hydrogen-bond acceptors (Lipinski definition) is 5. The lowest BCUT2D eigenvalue weighted by molar-refractivity contribution is 0.666. The van der Waals surface area contributed by atoms with Crippen molar-refractivity contribution in [2.45, 2.75) is 20.0 Å². The van der Waals surface area contributed by atoms with Crippen molar-refractivity contribution in [2.75, 3.05) is 23.8 Å². The fourth-order valence-corrected chi connectivity index (χ4v) is 3.20. The molecule has 6 nitrogen and oxygen atoms in total. The fourth-order valence-electron chi connectivity index (χ4n) is 3.20. The maximum atomic E-state index is 6.30. The topological polar surface area (TPSA) is 114 Å². The minimum atomic E-state index is -0.0941. The van der Waals surface area contributed by atoms with Crippen LogP contribution in [0.5, 0.6) is 0 Å². The molecule has 29 heavy (non-hydrogen) atoms. The zero-order valence-corrected chi connectivity index (χ0v) is 17.0. The van der Waals surface area contributed by atoms with Gasteiger partial charge >= 0.3 is 0 Å². The lowest BCUT2D eigenvalue weighted by Gasteiger charge is -2.22. The Kier molecular flexibility index (Phi) is 6.04. The molecule has 8 N–H and O–H groups in total. The zero-order valence-electron chi connectivity index (χ0n) is 17.0. The average Bonchev–Trinajstić information content (AvgIpc) is 2.69. The lowest BCUT2D eigenvalue weighted by atomic mass is 10.1. The summed E-state index contributed by atoms with van der Waals surface area (Å²) in [6, 6.07) is 19.4. The smallest absolute Gasteiger partial charge is 0.131 e. The summed E-state index contributed by atoms with van der Waals surface area (Å²) in [5.41, 5.74) is 25.2. The molecule has 0 aliphatic rings. The molecule has 0 aliphatic carbocycles. The molecule has 0 fully saturated rings. The summed E-state index contributed by atoms with van der Waals surface area (Å²) in [6.45, 7) is 4.00. The maximum Gasteiger partial charge on any atom is 0.131 e. The first-order valence-electron chi connectivity index (χ1n) is 9.48. The number of nitrogens with zero attached hydrogens (tertiary/aromatic N) is 1. The highest BCUT2D eigenvalue weighted by molar-refractivity contribution is 5.99. The Morgan fingerprint density at radius 3 is 2.24 bits per heavy atom. The molecule has 0 aromatic heterocycles. The van der Waals surface area contributed by atoms with Gasteiger partial charge in [-0.1, -0.05) is 18.2 Å². The molecule has 0 bridgehead atoms. The van der Waals surface area contributed by atoms with E-state index in [0.29, 0.717) is 11.5 Å². The van der Waals surface area contributed by atoms with Gasteiger partial charge in [-0.25, -0.2) is 4.99 Å². The number of hydrogen-bond donors (Lipinski definition) is 5. The lowest BCUT2D eigenvalue weighted by Crippen LogP contribution is -2.25. The predicted octanol–water partition coefficient (Wildman–Crippen LogP) is 3.83. The van der Waals surface area contributed by atoms with Crippen molar-refractivity contribution >= 4 is 28.6 Å². The van der Waals surface area contributed by atoms with Crippen molar-refractivity contribution < 1.29 is 0 Å². The second kappa shape index (κ2) is 8.67. The number of nitrogen functional groups attached to an aromatic ring is 2. The molecule has 0 radical (unpaired) electrons. The Bertz CT molecular complexity index is 1040. The van der Waals surface area contributed by atoms with Crippen LogP contribution >= 0.6 is 0 Å². The summed E-state index contributed by atoms with van der Waals surface area (Å²) in [5.74, 6) is 0.457. The van der Waals surface area contributed by atoms with Crippen molar-refractivity contribution in [3.05, 3.63) is 82.9 Å². The van der Waals surface area contributed by atoms with Crippen molar-refractivity contribution in [2.24, 2.45) is 10.7 Å². The van der Waals surface area contributed by atoms with E-state index in [-0.39, 0.29) is 6.17 Å². The molecular weight excluding hydrogens is 360 g/mol. The van der Waals surface area contributed by atoms with Crippen LogP contribution in [-0.2, 0) is 0 Å². The van der Waals surface area contributed by atoms with E-state index in [0.717, 1.165) is 39.3 Å². The highest BCUT2D eigenvalue weighted by atomic mass is 15.1. The molecule has 0 aliphatic heterocycles. The van der Waals surface area contributed by atoms with E-state index >= 15 is 0 Å². The Balaban J connectivity index is 1.87. The molecule has 3 aromatic rings. The molecule has 0 saturated carbocycles. The number of aryl methyl sites for hydroxylation is 2. The molecule has 0 saturated heterocycles. The molecule has 1 atom stereocenters. The third-order valence-corrected chi connectivity index (χ3v) is 4.82. The number of anilines is 3. The molecule has 3 rings (SSSR count). The fraction of sp³-hybridized carbons (Fsp3) is 0.174. The van der Waals surface area contributed by atoms with Crippen LogP contribution in [0.15, 0.2) is 65.7 Å². The number of rotatable bonds is 6. The standard InChI is InChI=1S/C23H28N6/c1-14-11-18(24)7-9-20(14)28-22(26)16-5-4-6-17(13-16)23(27-3)29-21-10-8-19(25)12-15(21)2/h4-13,23,27,29H,24-25H2,1-3H3,(H2,26,28). The Morgan fingerprint density at radius 1 is 0.897 bits per heavy atom. The zero-order chi connectivity index (χ0) is 21.0. The van der Waals surface area contributed by atoms with E-state index in [1.54, 1.807) is 0 Å². The van der Waals surface area contributed by atoms with E-state index in [4.69, 9.17) is 17.2 Å². The van der Waals surface area contributed by atoms with Crippen LogP contribution in [0.4, 0.5) is 22.7 Å². The number of nitrogens with two attached hydrogens (primary N) is 3. The minimum Gasteiger partial charge on any atom is -0.399 e. The summed E-state index contributed by atoms with van der Waals surface area (Å²) in [7, 11) is 1.91. The van der Waals surface area contributed by atoms with Crippen LogP contribution in [0.3, 0.4) is 0 Å². The Morgan fingerprint density at radius 2 is 1.59 bits per heavy atom. The van der Waals surface area contributed by atoms with Gasteiger partial charge in [0, 0.05) is 22.6 Å². The van der Waals surface area contributed by atoms with Crippen molar-refractivity contribution in [1.29, 1.82) is 0 Å². The molecule has 0 spiro atoms. The monoisotopic (exact) mass is 388 g/mol. The molecule has 1 unspecified atom stereocenters. The summed E-state index contributed by atoms with van der Waals surface area (Å²) < 4.78 is 0. The predicted molar refractivity (Wildman–Crippen MR) is 123 cm³/mol. The van der Waals surface area contributed by atoms with Crippen LogP contribution in [0.25, 0.3) is 0 Å². The second-order valence-electron chi connectivity index (χ2n) is 7.11. The molecule has 3 aromatic carbocycles. The van der Waals surface area contributed by atoms with E-state index in [1.807, 2.05) is 81.6 Å². The van der Waals surface area contributed by atoms with E-state index in [9.17, 15) is 0 Å². The summed E-state index contributed by atoms with van der Waals surface area (Å²) >= 11 is 0. The number of benzene rings is 3. The molecular formula is C23H28N6. The van der Waals surface area contributed by atoms with Crippen LogP contribution in [0, 0.1) is 13.8 Å². The minimum absolute atomic E-state index is 0.0941. The number of nitrogens with one attached hydrogen (secondary N) is 2. The first-order valence-corrected chi connectivity index (χ1v) is 9.48. The third-order valence-electron chi connectivity index (χ3n) is 4.82. The van der Waals surface area contributed by atoms with Gasteiger partial charge < -0.3 is 22.5 Å². The normalized spacial score (nSPS) is 12.6. The van der Waals surface area contributed by atoms with Gasteiger partial charge in [-0.05, 0) is 80.1 Å². The van der Waals surface area contributed by atoms with Gasteiger partial charge in [0.15, 0.2) is 0 Å². The first kappa shape index (κ1) is 20.2. The van der Waals surface area contributed by atoms with Gasteiger partial charge in [-0.15, -0.1) is 0 Å².